The van der Waals surface area contributed by atoms with Gasteiger partial charge in [-0.2, -0.15) is 0 Å². The fourth-order valence-electron chi connectivity index (χ4n) is 1.05. The zero-order chi connectivity index (χ0) is 9.84. The van der Waals surface area contributed by atoms with E-state index in [1.54, 1.807) is 0 Å². The molecule has 4 heteroatoms. The molecular weight excluding hydrogens is 188 g/mol. The first-order chi connectivity index (χ1) is 6.19. The molecule has 0 aromatic carbocycles. The number of hydrogen-bond acceptors (Lipinski definition) is 2. The number of nitrogens with zero attached hydrogens (tertiary/aromatic N) is 2. The van der Waals surface area contributed by atoms with E-state index in [-0.39, 0.29) is 17.3 Å². The smallest absolute Gasteiger partial charge is 0.255 e. The average molecular weight is 197 g/mol. The molecule has 0 bridgehead atoms. The summed E-state index contributed by atoms with van der Waals surface area (Å²) < 4.78 is 1.44. The highest BCUT2D eigenvalue weighted by atomic mass is 35.5. The minimum atomic E-state index is -0.199. The highest BCUT2D eigenvalue weighted by Gasteiger charge is 2.03. The van der Waals surface area contributed by atoms with E-state index in [0.717, 1.165) is 0 Å². The van der Waals surface area contributed by atoms with Gasteiger partial charge < -0.3 is 0 Å². The lowest BCUT2D eigenvalue weighted by Crippen LogP contribution is -2.23. The molecule has 0 spiro atoms. The summed E-state index contributed by atoms with van der Waals surface area (Å²) in [4.78, 5) is 15.4. The summed E-state index contributed by atoms with van der Waals surface area (Å²) in [7, 11) is 0. The van der Waals surface area contributed by atoms with Crippen molar-refractivity contribution < 1.29 is 0 Å². The van der Waals surface area contributed by atoms with Crippen LogP contribution < -0.4 is 5.56 Å². The zero-order valence-corrected chi connectivity index (χ0v) is 8.01. The van der Waals surface area contributed by atoms with Gasteiger partial charge in [0.25, 0.3) is 5.56 Å². The van der Waals surface area contributed by atoms with Gasteiger partial charge in [-0.3, -0.25) is 9.36 Å². The second-order valence-corrected chi connectivity index (χ2v) is 2.86. The molecule has 0 radical (unpaired) electrons. The molecule has 0 saturated heterocycles. The Kier molecular flexibility index (Phi) is 3.10. The van der Waals surface area contributed by atoms with Crippen molar-refractivity contribution in [3.63, 3.8) is 0 Å². The summed E-state index contributed by atoms with van der Waals surface area (Å²) in [6, 6.07) is 1.26. The van der Waals surface area contributed by atoms with Crippen LogP contribution in [0.4, 0.5) is 0 Å². The van der Waals surface area contributed by atoms with Gasteiger partial charge in [-0.05, 0) is 0 Å². The highest BCUT2D eigenvalue weighted by molar-refractivity contribution is 6.29. The summed E-state index contributed by atoms with van der Waals surface area (Å²) in [6.45, 7) is 2.14. The van der Waals surface area contributed by atoms with Gasteiger partial charge in [-0.25, -0.2) is 4.98 Å². The van der Waals surface area contributed by atoms with Gasteiger partial charge in [0.15, 0.2) is 0 Å². The molecule has 1 rings (SSSR count). The van der Waals surface area contributed by atoms with Crippen LogP contribution in [0.25, 0.3) is 0 Å². The van der Waals surface area contributed by atoms with Crippen LogP contribution in [0, 0.1) is 12.3 Å². The lowest BCUT2D eigenvalue weighted by molar-refractivity contribution is 0.697. The molecule has 0 aliphatic rings. The molecule has 3 nitrogen and oxygen atoms in total. The van der Waals surface area contributed by atoms with E-state index in [4.69, 9.17) is 18.0 Å². The number of terminal acetylenes is 1. The van der Waals surface area contributed by atoms with Gasteiger partial charge in [-0.15, -0.1) is 6.42 Å². The molecular formula is C9H9ClN2O. The topological polar surface area (TPSA) is 34.9 Å². The summed E-state index contributed by atoms with van der Waals surface area (Å²) in [5.74, 6) is 3.02. The first-order valence-corrected chi connectivity index (χ1v) is 4.26. The second kappa shape index (κ2) is 4.11. The Bertz CT molecular complexity index is 403. The second-order valence-electron chi connectivity index (χ2n) is 2.48. The van der Waals surface area contributed by atoms with Crippen molar-refractivity contribution in [3.8, 4) is 12.3 Å². The van der Waals surface area contributed by atoms with Gasteiger partial charge in [-0.1, -0.05) is 24.4 Å². The minimum Gasteiger partial charge on any atom is -0.285 e. The number of rotatable bonds is 2. The molecule has 0 aliphatic carbocycles. The molecule has 0 aliphatic heterocycles. The van der Waals surface area contributed by atoms with Crippen molar-refractivity contribution in [1.29, 1.82) is 0 Å². The zero-order valence-electron chi connectivity index (χ0n) is 7.25. The van der Waals surface area contributed by atoms with E-state index in [0.29, 0.717) is 12.2 Å². The molecule has 1 aromatic heterocycles. The molecule has 0 unspecified atom stereocenters. The fourth-order valence-corrected chi connectivity index (χ4v) is 1.24. The summed E-state index contributed by atoms with van der Waals surface area (Å²) in [6.07, 6.45) is 5.76. The molecule has 13 heavy (non-hydrogen) atoms. The van der Waals surface area contributed by atoms with Gasteiger partial charge in [0.1, 0.15) is 11.0 Å². The van der Waals surface area contributed by atoms with Crippen LogP contribution in [0.15, 0.2) is 10.9 Å². The van der Waals surface area contributed by atoms with Crippen molar-refractivity contribution in [1.82, 2.24) is 9.55 Å². The third-order valence-corrected chi connectivity index (χ3v) is 1.82. The quantitative estimate of drug-likeness (QED) is 0.524. The third kappa shape index (κ3) is 2.10. The molecule has 1 heterocycles. The first-order valence-electron chi connectivity index (χ1n) is 3.88. The Balaban J connectivity index is 3.32. The van der Waals surface area contributed by atoms with Gasteiger partial charge >= 0.3 is 0 Å². The highest BCUT2D eigenvalue weighted by Crippen LogP contribution is 2.02. The molecule has 68 valence electrons. The van der Waals surface area contributed by atoms with Crippen LogP contribution in [-0.4, -0.2) is 9.55 Å². The van der Waals surface area contributed by atoms with Crippen LogP contribution in [0.1, 0.15) is 12.7 Å². The Morgan fingerprint density at radius 3 is 3.00 bits per heavy atom. The molecule has 0 atom stereocenters. The van der Waals surface area contributed by atoms with Crippen LogP contribution in [0.2, 0.25) is 5.15 Å². The van der Waals surface area contributed by atoms with Gasteiger partial charge in [0.2, 0.25) is 0 Å². The maximum atomic E-state index is 11.4. The lowest BCUT2D eigenvalue weighted by atomic mass is 10.4. The van der Waals surface area contributed by atoms with Crippen molar-refractivity contribution in [3.05, 3.63) is 27.4 Å². The SMILES string of the molecule is C#CCn1c(CC)nc(Cl)cc1=O. The van der Waals surface area contributed by atoms with Crippen molar-refractivity contribution in [2.75, 3.05) is 0 Å². The van der Waals surface area contributed by atoms with Gasteiger partial charge in [0, 0.05) is 12.5 Å². The number of halogens is 1. The monoisotopic (exact) mass is 196 g/mol. The Labute approximate surface area is 81.4 Å². The Morgan fingerprint density at radius 1 is 1.77 bits per heavy atom. The molecule has 0 saturated carbocycles. The molecule has 0 N–H and O–H groups in total. The van der Waals surface area contributed by atoms with Crippen molar-refractivity contribution in [2.24, 2.45) is 0 Å². The van der Waals surface area contributed by atoms with E-state index >= 15 is 0 Å². The third-order valence-electron chi connectivity index (χ3n) is 1.62. The predicted molar refractivity (Wildman–Crippen MR) is 51.7 cm³/mol. The normalized spacial score (nSPS) is 9.62. The van der Waals surface area contributed by atoms with E-state index < -0.39 is 0 Å². The van der Waals surface area contributed by atoms with Crippen LogP contribution in [-0.2, 0) is 13.0 Å². The molecule has 1 aromatic rings. The van der Waals surface area contributed by atoms with Crippen molar-refractivity contribution in [2.45, 2.75) is 19.9 Å². The average Bonchev–Trinajstić information content (AvgIpc) is 2.09. The molecule has 0 fully saturated rings. The fraction of sp³-hybridized carbons (Fsp3) is 0.333. The van der Waals surface area contributed by atoms with E-state index in [1.807, 2.05) is 6.92 Å². The summed E-state index contributed by atoms with van der Waals surface area (Å²) in [5.41, 5.74) is -0.199. The van der Waals surface area contributed by atoms with Crippen LogP contribution in [0.3, 0.4) is 0 Å². The van der Waals surface area contributed by atoms with Gasteiger partial charge in [0.05, 0.1) is 6.54 Å². The van der Waals surface area contributed by atoms with E-state index in [9.17, 15) is 4.79 Å². The number of hydrogen-bond donors (Lipinski definition) is 0. The standard InChI is InChI=1S/C9H9ClN2O/c1-3-5-12-8(4-2)11-7(10)6-9(12)13/h1,6H,4-5H2,2H3. The van der Waals surface area contributed by atoms with Crippen LogP contribution in [0.5, 0.6) is 0 Å². The van der Waals surface area contributed by atoms with Crippen molar-refractivity contribution >= 4 is 11.6 Å². The minimum absolute atomic E-state index is 0.199. The maximum Gasteiger partial charge on any atom is 0.255 e. The number of aryl methyl sites for hydroxylation is 1. The number of aromatic nitrogens is 2. The van der Waals surface area contributed by atoms with E-state index in [2.05, 4.69) is 10.9 Å². The Morgan fingerprint density at radius 2 is 2.46 bits per heavy atom. The largest absolute Gasteiger partial charge is 0.285 e. The van der Waals surface area contributed by atoms with E-state index in [1.165, 1.54) is 10.6 Å². The predicted octanol–water partition coefficient (Wildman–Crippen LogP) is 1.09. The Hall–Kier alpha value is -1.27. The maximum absolute atomic E-state index is 11.4. The summed E-state index contributed by atoms with van der Waals surface area (Å²) >= 11 is 5.62. The lowest BCUT2D eigenvalue weighted by Gasteiger charge is -2.06. The van der Waals surface area contributed by atoms with Crippen LogP contribution >= 0.6 is 11.6 Å². The molecule has 0 amide bonds. The summed E-state index contributed by atoms with van der Waals surface area (Å²) in [5, 5.41) is 0.218. The first kappa shape index (κ1) is 9.82.